The zero-order chi connectivity index (χ0) is 14.0. The van der Waals surface area contributed by atoms with Crippen molar-refractivity contribution in [2.75, 3.05) is 6.26 Å². The van der Waals surface area contributed by atoms with Crippen LogP contribution in [-0.4, -0.2) is 14.7 Å². The molecule has 0 saturated carbocycles. The Bertz CT molecular complexity index is 776. The van der Waals surface area contributed by atoms with Gasteiger partial charge in [-0.3, -0.25) is 0 Å². The summed E-state index contributed by atoms with van der Waals surface area (Å²) in [6.45, 7) is 0. The molecule has 0 aliphatic rings. The van der Waals surface area contributed by atoms with Crippen LogP contribution in [0.4, 0.5) is 0 Å². The summed E-state index contributed by atoms with van der Waals surface area (Å²) in [6, 6.07) is 14.0. The minimum Gasteiger partial charge on any atom is -0.224 e. The lowest BCUT2D eigenvalue weighted by Gasteiger charge is -2.09. The van der Waals surface area contributed by atoms with E-state index in [0.717, 1.165) is 10.7 Å². The second-order valence-electron chi connectivity index (χ2n) is 4.07. The number of hydrogen-bond acceptors (Lipinski definition) is 3. The molecule has 0 amide bonds. The van der Waals surface area contributed by atoms with Crippen LogP contribution < -0.4 is 0 Å². The minimum absolute atomic E-state index is 0.230. The summed E-state index contributed by atoms with van der Waals surface area (Å²) in [4.78, 5) is 0.230. The molecular weight excluding hydrogens is 326 g/mol. The number of benzene rings is 2. The van der Waals surface area contributed by atoms with Crippen molar-refractivity contribution in [3.63, 3.8) is 0 Å². The first-order chi connectivity index (χ1) is 8.93. The van der Waals surface area contributed by atoms with Crippen LogP contribution in [0.15, 0.2) is 51.8 Å². The maximum absolute atomic E-state index is 11.8. The number of nitriles is 1. The molecule has 2 rings (SSSR count). The Labute approximate surface area is 120 Å². The van der Waals surface area contributed by atoms with Crippen molar-refractivity contribution < 1.29 is 8.42 Å². The fraction of sp³-hybridized carbons (Fsp3) is 0.0714. The Morgan fingerprint density at radius 3 is 2.42 bits per heavy atom. The number of sulfone groups is 1. The van der Waals surface area contributed by atoms with Gasteiger partial charge in [0, 0.05) is 21.9 Å². The average molecular weight is 336 g/mol. The van der Waals surface area contributed by atoms with Crippen molar-refractivity contribution in [1.29, 1.82) is 5.26 Å². The van der Waals surface area contributed by atoms with Crippen LogP contribution in [0, 0.1) is 11.3 Å². The van der Waals surface area contributed by atoms with E-state index in [1.807, 2.05) is 0 Å². The number of nitrogens with zero attached hydrogens (tertiary/aromatic N) is 1. The van der Waals surface area contributed by atoms with E-state index in [0.29, 0.717) is 16.7 Å². The van der Waals surface area contributed by atoms with Crippen molar-refractivity contribution in [2.24, 2.45) is 0 Å². The van der Waals surface area contributed by atoms with Gasteiger partial charge in [0.25, 0.3) is 0 Å². The van der Waals surface area contributed by atoms with E-state index >= 15 is 0 Å². The highest BCUT2D eigenvalue weighted by Crippen LogP contribution is 2.31. The zero-order valence-electron chi connectivity index (χ0n) is 10.1. The highest BCUT2D eigenvalue weighted by molar-refractivity contribution is 9.10. The first-order valence-electron chi connectivity index (χ1n) is 5.42. The third-order valence-corrected chi connectivity index (χ3v) is 4.33. The van der Waals surface area contributed by atoms with Crippen LogP contribution in [0.2, 0.25) is 0 Å². The van der Waals surface area contributed by atoms with Gasteiger partial charge in [0.05, 0.1) is 16.5 Å². The first-order valence-corrected chi connectivity index (χ1v) is 8.11. The van der Waals surface area contributed by atoms with Crippen LogP contribution in [0.1, 0.15) is 5.56 Å². The monoisotopic (exact) mass is 335 g/mol. The largest absolute Gasteiger partial charge is 0.224 e. The maximum atomic E-state index is 11.8. The lowest BCUT2D eigenvalue weighted by atomic mass is 10.0. The van der Waals surface area contributed by atoms with E-state index in [1.165, 1.54) is 0 Å². The SMILES string of the molecule is CS(=O)(=O)c1ccccc1-c1ccc(Br)cc1C#N. The molecule has 2 aromatic rings. The smallest absolute Gasteiger partial charge is 0.176 e. The molecule has 0 N–H and O–H groups in total. The van der Waals surface area contributed by atoms with Crippen LogP contribution in [0.5, 0.6) is 0 Å². The molecule has 0 aromatic heterocycles. The Balaban J connectivity index is 2.78. The summed E-state index contributed by atoms with van der Waals surface area (Å²) in [6.07, 6.45) is 1.16. The molecule has 3 nitrogen and oxygen atoms in total. The first kappa shape index (κ1) is 13.8. The van der Waals surface area contributed by atoms with E-state index in [2.05, 4.69) is 22.0 Å². The number of rotatable bonds is 2. The van der Waals surface area contributed by atoms with Gasteiger partial charge in [0.15, 0.2) is 9.84 Å². The van der Waals surface area contributed by atoms with Crippen molar-refractivity contribution in [1.82, 2.24) is 0 Å². The van der Waals surface area contributed by atoms with Crippen molar-refractivity contribution >= 4 is 25.8 Å². The number of halogens is 1. The molecule has 2 aromatic carbocycles. The van der Waals surface area contributed by atoms with E-state index in [1.54, 1.807) is 42.5 Å². The lowest BCUT2D eigenvalue weighted by Crippen LogP contribution is -2.00. The molecule has 5 heteroatoms. The Morgan fingerprint density at radius 1 is 1.11 bits per heavy atom. The lowest BCUT2D eigenvalue weighted by molar-refractivity contribution is 0.602. The van der Waals surface area contributed by atoms with Crippen LogP contribution in [0.25, 0.3) is 11.1 Å². The molecule has 0 spiro atoms. The predicted octanol–water partition coefficient (Wildman–Crippen LogP) is 3.39. The van der Waals surface area contributed by atoms with Crippen molar-refractivity contribution in [3.8, 4) is 17.2 Å². The van der Waals surface area contributed by atoms with Gasteiger partial charge < -0.3 is 0 Å². The topological polar surface area (TPSA) is 57.9 Å². The highest BCUT2D eigenvalue weighted by Gasteiger charge is 2.16. The fourth-order valence-electron chi connectivity index (χ4n) is 1.86. The molecule has 0 saturated heterocycles. The van der Waals surface area contributed by atoms with Gasteiger partial charge in [-0.25, -0.2) is 8.42 Å². The zero-order valence-corrected chi connectivity index (χ0v) is 12.5. The van der Waals surface area contributed by atoms with Gasteiger partial charge in [0.2, 0.25) is 0 Å². The summed E-state index contributed by atoms with van der Waals surface area (Å²) in [7, 11) is -3.34. The quantitative estimate of drug-likeness (QED) is 0.845. The Hall–Kier alpha value is -1.64. The second-order valence-corrected chi connectivity index (χ2v) is 6.97. The molecule has 0 bridgehead atoms. The summed E-state index contributed by atoms with van der Waals surface area (Å²) in [5.74, 6) is 0. The van der Waals surface area contributed by atoms with Gasteiger partial charge in [-0.1, -0.05) is 40.2 Å². The van der Waals surface area contributed by atoms with Gasteiger partial charge in [-0.15, -0.1) is 0 Å². The third kappa shape index (κ3) is 2.86. The number of hydrogen-bond donors (Lipinski definition) is 0. The molecule has 0 fully saturated rings. The minimum atomic E-state index is -3.34. The van der Waals surface area contributed by atoms with Crippen LogP contribution in [-0.2, 0) is 9.84 Å². The van der Waals surface area contributed by atoms with E-state index < -0.39 is 9.84 Å². The molecule has 0 radical (unpaired) electrons. The van der Waals surface area contributed by atoms with Gasteiger partial charge in [0.1, 0.15) is 0 Å². The van der Waals surface area contributed by atoms with E-state index in [9.17, 15) is 13.7 Å². The van der Waals surface area contributed by atoms with Gasteiger partial charge in [-0.05, 0) is 18.2 Å². The Morgan fingerprint density at radius 2 is 1.79 bits per heavy atom. The second kappa shape index (κ2) is 5.16. The average Bonchev–Trinajstić information content (AvgIpc) is 2.37. The molecule has 19 heavy (non-hydrogen) atoms. The summed E-state index contributed by atoms with van der Waals surface area (Å²) < 4.78 is 24.4. The highest BCUT2D eigenvalue weighted by atomic mass is 79.9. The molecule has 0 unspecified atom stereocenters. The standard InChI is InChI=1S/C14H10BrNO2S/c1-19(17,18)14-5-3-2-4-13(14)12-7-6-11(15)8-10(12)9-16/h2-8H,1H3. The summed E-state index contributed by atoms with van der Waals surface area (Å²) >= 11 is 3.30. The molecule has 0 aliphatic heterocycles. The molecule has 96 valence electrons. The fourth-order valence-corrected chi connectivity index (χ4v) is 3.12. The van der Waals surface area contributed by atoms with Crippen molar-refractivity contribution in [3.05, 3.63) is 52.5 Å². The Kier molecular flexibility index (Phi) is 3.74. The van der Waals surface area contributed by atoms with Gasteiger partial charge in [-0.2, -0.15) is 5.26 Å². The normalized spacial score (nSPS) is 11.0. The molecule has 0 heterocycles. The predicted molar refractivity (Wildman–Crippen MR) is 77.4 cm³/mol. The van der Waals surface area contributed by atoms with E-state index in [-0.39, 0.29) is 4.90 Å². The summed E-state index contributed by atoms with van der Waals surface area (Å²) in [5.41, 5.74) is 1.60. The van der Waals surface area contributed by atoms with Crippen LogP contribution >= 0.6 is 15.9 Å². The molecule has 0 atom stereocenters. The third-order valence-electron chi connectivity index (χ3n) is 2.68. The molecule has 0 aliphatic carbocycles. The molecular formula is C14H10BrNO2S. The summed E-state index contributed by atoms with van der Waals surface area (Å²) in [5, 5.41) is 9.18. The van der Waals surface area contributed by atoms with Gasteiger partial charge >= 0.3 is 0 Å². The van der Waals surface area contributed by atoms with Crippen molar-refractivity contribution in [2.45, 2.75) is 4.90 Å². The van der Waals surface area contributed by atoms with Crippen LogP contribution in [0.3, 0.4) is 0 Å². The maximum Gasteiger partial charge on any atom is 0.176 e. The van der Waals surface area contributed by atoms with E-state index in [4.69, 9.17) is 0 Å².